The Kier molecular flexibility index (Phi) is 64.1. The SMILES string of the molecule is CCCCCCCCCCCCCCCCCC[PH](CCCCCCCCCCCCCCC)(CCCCCCCCCCCCCCCCCC)CCCCCCCCCCCCCCCCCC. The van der Waals surface area contributed by atoms with Crippen LogP contribution in [0.4, 0.5) is 0 Å². The maximum atomic E-state index is 2.34. The van der Waals surface area contributed by atoms with Crippen LogP contribution in [-0.4, -0.2) is 24.6 Å². The van der Waals surface area contributed by atoms with E-state index in [-0.39, 0.29) is 0 Å². The monoisotopic (exact) mass is 1000 g/mol. The van der Waals surface area contributed by atoms with Gasteiger partial charge in [0.2, 0.25) is 0 Å². The first-order chi connectivity index (χ1) is 34.7. The van der Waals surface area contributed by atoms with E-state index in [1.54, 1.807) is 76.0 Å². The molecule has 424 valence electrons. The second kappa shape index (κ2) is 63.7. The molecule has 0 saturated carbocycles. The van der Waals surface area contributed by atoms with Crippen molar-refractivity contribution in [3.63, 3.8) is 0 Å². The molecular formula is C69H143P. The van der Waals surface area contributed by atoms with E-state index in [0.29, 0.717) is 0 Å². The van der Waals surface area contributed by atoms with Gasteiger partial charge in [0.25, 0.3) is 0 Å². The maximum absolute atomic E-state index is 2.34. The summed E-state index contributed by atoms with van der Waals surface area (Å²) in [5, 5.41) is 0. The van der Waals surface area contributed by atoms with Crippen molar-refractivity contribution in [2.75, 3.05) is 24.6 Å². The van der Waals surface area contributed by atoms with Crippen molar-refractivity contribution in [3.05, 3.63) is 0 Å². The van der Waals surface area contributed by atoms with Gasteiger partial charge in [-0.05, 0) is 0 Å². The second-order valence-electron chi connectivity index (χ2n) is 24.7. The summed E-state index contributed by atoms with van der Waals surface area (Å²) >= 11 is 0. The van der Waals surface area contributed by atoms with E-state index in [1.165, 1.54) is 340 Å². The molecule has 0 aliphatic heterocycles. The van der Waals surface area contributed by atoms with Crippen LogP contribution in [0.25, 0.3) is 0 Å². The van der Waals surface area contributed by atoms with Crippen molar-refractivity contribution in [2.24, 2.45) is 0 Å². The molecule has 0 saturated heterocycles. The molecule has 70 heavy (non-hydrogen) atoms. The molecule has 0 N–H and O–H groups in total. The molecule has 0 bridgehead atoms. The van der Waals surface area contributed by atoms with Crippen molar-refractivity contribution in [2.45, 2.75) is 419 Å². The zero-order valence-electron chi connectivity index (χ0n) is 50.5. The van der Waals surface area contributed by atoms with E-state index in [9.17, 15) is 0 Å². The van der Waals surface area contributed by atoms with Crippen LogP contribution in [0.3, 0.4) is 0 Å². The van der Waals surface area contributed by atoms with Crippen LogP contribution in [0.1, 0.15) is 419 Å². The van der Waals surface area contributed by atoms with Crippen molar-refractivity contribution in [1.29, 1.82) is 0 Å². The van der Waals surface area contributed by atoms with Crippen molar-refractivity contribution in [3.8, 4) is 0 Å². The molecule has 0 aromatic heterocycles. The van der Waals surface area contributed by atoms with E-state index < -0.39 is 7.26 Å². The quantitative estimate of drug-likeness (QED) is 0.0421. The predicted octanol–water partition coefficient (Wildman–Crippen LogP) is 26.6. The first-order valence-corrected chi connectivity index (χ1v) is 37.6. The van der Waals surface area contributed by atoms with Crippen molar-refractivity contribution in [1.82, 2.24) is 0 Å². The first kappa shape index (κ1) is 70.4. The minimum atomic E-state index is -1.22. The van der Waals surface area contributed by atoms with Crippen LogP contribution in [0.5, 0.6) is 0 Å². The zero-order valence-corrected chi connectivity index (χ0v) is 51.5. The van der Waals surface area contributed by atoms with Gasteiger partial charge >= 0.3 is 314 Å². The molecule has 0 amide bonds. The van der Waals surface area contributed by atoms with Gasteiger partial charge in [0, 0.05) is 0 Å². The van der Waals surface area contributed by atoms with Gasteiger partial charge in [-0.1, -0.05) is 137 Å². The Balaban J connectivity index is 4.93. The molecule has 0 unspecified atom stereocenters. The summed E-state index contributed by atoms with van der Waals surface area (Å²) in [5.41, 5.74) is 0. The van der Waals surface area contributed by atoms with Gasteiger partial charge in [-0.3, -0.25) is 0 Å². The molecule has 0 fully saturated rings. The summed E-state index contributed by atoms with van der Waals surface area (Å²) in [4.78, 5) is 0. The van der Waals surface area contributed by atoms with Gasteiger partial charge in [0.15, 0.2) is 0 Å². The first-order valence-electron chi connectivity index (χ1n) is 34.7. The molecule has 0 radical (unpaired) electrons. The summed E-state index contributed by atoms with van der Waals surface area (Å²) < 4.78 is 0. The average molecular weight is 1000 g/mol. The molecule has 0 nitrogen and oxygen atoms in total. The fraction of sp³-hybridized carbons (Fsp3) is 1.00. The van der Waals surface area contributed by atoms with E-state index in [2.05, 4.69) is 27.7 Å². The number of rotatable bonds is 65. The molecule has 0 aromatic rings. The smallest absolute Gasteiger partial charge is 0.0654 e. The normalized spacial score (nSPS) is 12.2. The number of hydrogen-bond donors (Lipinski definition) is 0. The van der Waals surface area contributed by atoms with Crippen LogP contribution >= 0.6 is 7.26 Å². The Morgan fingerprint density at radius 2 is 0.200 bits per heavy atom. The van der Waals surface area contributed by atoms with Crippen LogP contribution < -0.4 is 0 Å². The van der Waals surface area contributed by atoms with E-state index in [0.717, 1.165) is 0 Å². The number of hydrogen-bond acceptors (Lipinski definition) is 0. The average Bonchev–Trinajstić information content (AvgIpc) is 3.37. The summed E-state index contributed by atoms with van der Waals surface area (Å²) in [6.45, 7) is 9.34. The van der Waals surface area contributed by atoms with Gasteiger partial charge in [-0.2, -0.15) is 0 Å². The standard InChI is InChI=1S/C69H143P/c1-5-9-13-17-21-25-29-33-36-39-43-47-51-55-59-63-67-70(66-62-58-54-50-46-42-32-28-24-20-16-12-8-4,68-64-60-56-52-48-44-40-37-34-30-26-22-18-14-10-6-2)69-65-61-57-53-49-45-41-38-35-31-27-23-19-15-11-7-3/h70H,5-69H2,1-4H3. The van der Waals surface area contributed by atoms with Crippen LogP contribution in [-0.2, 0) is 0 Å². The Labute approximate surface area is 449 Å². The molecule has 0 atom stereocenters. The predicted molar refractivity (Wildman–Crippen MR) is 332 cm³/mol. The second-order valence-corrected chi connectivity index (χ2v) is 29.7. The van der Waals surface area contributed by atoms with Crippen LogP contribution in [0.2, 0.25) is 0 Å². The third kappa shape index (κ3) is 57.7. The summed E-state index contributed by atoms with van der Waals surface area (Å²) in [5.74, 6) is 0. The van der Waals surface area contributed by atoms with Crippen LogP contribution in [0.15, 0.2) is 0 Å². The minimum Gasteiger partial charge on any atom is -0.0654 e. The third-order valence-electron chi connectivity index (χ3n) is 17.5. The minimum absolute atomic E-state index is 1.22. The van der Waals surface area contributed by atoms with E-state index in [1.807, 2.05) is 0 Å². The summed E-state index contributed by atoms with van der Waals surface area (Å²) in [6.07, 6.45) is 98.1. The zero-order chi connectivity index (χ0) is 50.5. The molecule has 0 aliphatic carbocycles. The molecule has 0 aliphatic rings. The molecule has 0 rings (SSSR count). The third-order valence-corrected chi connectivity index (χ3v) is 23.1. The fourth-order valence-corrected chi connectivity index (χ4v) is 17.9. The summed E-state index contributed by atoms with van der Waals surface area (Å²) in [7, 11) is -1.22. The number of unbranched alkanes of at least 4 members (excludes halogenated alkanes) is 57. The van der Waals surface area contributed by atoms with Gasteiger partial charge in [0.1, 0.15) is 0 Å². The molecule has 0 spiro atoms. The Morgan fingerprint density at radius 3 is 0.300 bits per heavy atom. The van der Waals surface area contributed by atoms with E-state index >= 15 is 0 Å². The Morgan fingerprint density at radius 1 is 0.114 bits per heavy atom. The molecule has 1 heteroatoms. The van der Waals surface area contributed by atoms with Gasteiger partial charge < -0.3 is 0 Å². The molecule has 0 aromatic carbocycles. The topological polar surface area (TPSA) is 0 Å². The van der Waals surface area contributed by atoms with Gasteiger partial charge in [-0.15, -0.1) is 0 Å². The Hall–Kier alpha value is 0.430. The van der Waals surface area contributed by atoms with Gasteiger partial charge in [-0.25, -0.2) is 0 Å². The van der Waals surface area contributed by atoms with Crippen molar-refractivity contribution >= 4 is 7.26 Å². The van der Waals surface area contributed by atoms with Gasteiger partial charge in [0.05, 0.1) is 0 Å². The molecule has 0 heterocycles. The van der Waals surface area contributed by atoms with Crippen LogP contribution in [0, 0.1) is 0 Å². The summed E-state index contributed by atoms with van der Waals surface area (Å²) in [6, 6.07) is 0. The van der Waals surface area contributed by atoms with E-state index in [4.69, 9.17) is 0 Å². The fourth-order valence-electron chi connectivity index (χ4n) is 12.4. The van der Waals surface area contributed by atoms with Crippen molar-refractivity contribution < 1.29 is 0 Å². The molecular weight excluding hydrogens is 860 g/mol. The Bertz CT molecular complexity index is 790.